The summed E-state index contributed by atoms with van der Waals surface area (Å²) < 4.78 is 32.0. The smallest absolute Gasteiger partial charge is 0.306 e. The minimum Gasteiger partial charge on any atom is -0.385 e. The van der Waals surface area contributed by atoms with E-state index in [1.807, 2.05) is 13.8 Å². The van der Waals surface area contributed by atoms with Crippen molar-refractivity contribution in [1.29, 1.82) is 0 Å². The number of carbonyl (C=O) groups excluding carboxylic acids is 1. The zero-order chi connectivity index (χ0) is 17.5. The Morgan fingerprint density at radius 3 is 2.30 bits per heavy atom. The van der Waals surface area contributed by atoms with E-state index >= 15 is 0 Å². The lowest BCUT2D eigenvalue weighted by Gasteiger charge is -2.24. The Bertz CT molecular complexity index is 595. The topological polar surface area (TPSA) is 72.9 Å². The number of nitrogens with zero attached hydrogens (tertiary/aromatic N) is 1. The van der Waals surface area contributed by atoms with Gasteiger partial charge < -0.3 is 13.8 Å². The van der Waals surface area contributed by atoms with Gasteiger partial charge >= 0.3 is 10.1 Å². The largest absolute Gasteiger partial charge is 0.385 e. The number of ether oxygens (including phenoxy) is 1. The molecule has 0 unspecified atom stereocenters. The van der Waals surface area contributed by atoms with Gasteiger partial charge in [0.25, 0.3) is 0 Å². The van der Waals surface area contributed by atoms with Crippen LogP contribution in [0.1, 0.15) is 25.8 Å². The second-order valence-electron chi connectivity index (χ2n) is 5.69. The summed E-state index contributed by atoms with van der Waals surface area (Å²) in [6, 6.07) is 6.70. The van der Waals surface area contributed by atoms with E-state index in [4.69, 9.17) is 8.92 Å². The number of hydrogen-bond acceptors (Lipinski definition) is 5. The van der Waals surface area contributed by atoms with Gasteiger partial charge in [0.15, 0.2) is 0 Å². The van der Waals surface area contributed by atoms with Crippen LogP contribution in [0.4, 0.5) is 0 Å². The third kappa shape index (κ3) is 7.47. The van der Waals surface area contributed by atoms with E-state index in [9.17, 15) is 13.2 Å². The van der Waals surface area contributed by atoms with Gasteiger partial charge in [0.1, 0.15) is 5.75 Å². The van der Waals surface area contributed by atoms with E-state index in [1.54, 1.807) is 36.3 Å². The lowest BCUT2D eigenvalue weighted by Crippen LogP contribution is -2.35. The Morgan fingerprint density at radius 2 is 1.83 bits per heavy atom. The fourth-order valence-corrected chi connectivity index (χ4v) is 2.54. The molecule has 0 saturated heterocycles. The van der Waals surface area contributed by atoms with Gasteiger partial charge in [-0.1, -0.05) is 26.0 Å². The van der Waals surface area contributed by atoms with Crippen LogP contribution in [-0.2, 0) is 26.2 Å². The maximum Gasteiger partial charge on any atom is 0.306 e. The van der Waals surface area contributed by atoms with Gasteiger partial charge in [0.05, 0.1) is 6.26 Å². The zero-order valence-electron chi connectivity index (χ0n) is 14.1. The van der Waals surface area contributed by atoms with Crippen LogP contribution in [-0.4, -0.2) is 45.7 Å². The molecule has 0 spiro atoms. The molecule has 0 aliphatic rings. The van der Waals surface area contributed by atoms with Crippen LogP contribution in [0.5, 0.6) is 5.75 Å². The average molecular weight is 343 g/mol. The number of hydrogen-bond donors (Lipinski definition) is 0. The molecule has 0 saturated carbocycles. The van der Waals surface area contributed by atoms with E-state index in [-0.39, 0.29) is 17.6 Å². The monoisotopic (exact) mass is 343 g/mol. The third-order valence-corrected chi connectivity index (χ3v) is 3.62. The molecule has 0 radical (unpaired) electrons. The summed E-state index contributed by atoms with van der Waals surface area (Å²) in [5.74, 6) is 0.264. The van der Waals surface area contributed by atoms with E-state index in [2.05, 4.69) is 0 Å². The molecule has 0 atom stereocenters. The van der Waals surface area contributed by atoms with Gasteiger partial charge in [-0.3, -0.25) is 4.79 Å². The molecule has 23 heavy (non-hydrogen) atoms. The predicted molar refractivity (Wildman–Crippen MR) is 88.7 cm³/mol. The highest BCUT2D eigenvalue weighted by Gasteiger charge is 2.17. The van der Waals surface area contributed by atoms with Gasteiger partial charge in [-0.05, 0) is 24.1 Å². The molecule has 0 aromatic heterocycles. The predicted octanol–water partition coefficient (Wildman–Crippen LogP) is 2.05. The van der Waals surface area contributed by atoms with Crippen LogP contribution >= 0.6 is 0 Å². The van der Waals surface area contributed by atoms with Crippen molar-refractivity contribution >= 4 is 16.0 Å². The number of rotatable bonds is 9. The average Bonchev–Trinajstić information content (AvgIpc) is 2.46. The molecule has 0 heterocycles. The van der Waals surface area contributed by atoms with E-state index in [1.165, 1.54) is 0 Å². The number of benzene rings is 1. The summed E-state index contributed by atoms with van der Waals surface area (Å²) in [4.78, 5) is 14.1. The summed E-state index contributed by atoms with van der Waals surface area (Å²) in [5, 5.41) is 0. The first-order chi connectivity index (χ1) is 10.7. The Hall–Kier alpha value is -1.60. The summed E-state index contributed by atoms with van der Waals surface area (Å²) in [6.45, 7) is 5.43. The molecule has 6 nitrogen and oxygen atoms in total. The normalized spacial score (nSPS) is 11.5. The SMILES string of the molecule is COCCCN(Cc1ccc(OS(C)(=O)=O)cc1)C(=O)C(C)C. The van der Waals surface area contributed by atoms with Gasteiger partial charge in [0.2, 0.25) is 5.91 Å². The molecule has 0 bridgehead atoms. The number of carbonyl (C=O) groups is 1. The van der Waals surface area contributed by atoms with Gasteiger partial charge in [-0.15, -0.1) is 0 Å². The molecule has 0 aliphatic heterocycles. The van der Waals surface area contributed by atoms with Crippen LogP contribution in [0.3, 0.4) is 0 Å². The highest BCUT2D eigenvalue weighted by atomic mass is 32.2. The van der Waals surface area contributed by atoms with Crippen molar-refractivity contribution in [1.82, 2.24) is 4.90 Å². The van der Waals surface area contributed by atoms with Crippen molar-refractivity contribution in [2.24, 2.45) is 5.92 Å². The fourth-order valence-electron chi connectivity index (χ4n) is 2.08. The van der Waals surface area contributed by atoms with Crippen molar-refractivity contribution in [3.63, 3.8) is 0 Å². The summed E-state index contributed by atoms with van der Waals surface area (Å²) in [6.07, 6.45) is 1.77. The van der Waals surface area contributed by atoms with Crippen molar-refractivity contribution in [2.75, 3.05) is 26.5 Å². The Balaban J connectivity index is 2.76. The number of methoxy groups -OCH3 is 1. The summed E-state index contributed by atoms with van der Waals surface area (Å²) >= 11 is 0. The van der Waals surface area contributed by atoms with Crippen LogP contribution in [0.2, 0.25) is 0 Å². The molecule has 1 aromatic carbocycles. The van der Waals surface area contributed by atoms with Crippen LogP contribution in [0.15, 0.2) is 24.3 Å². The standard InChI is InChI=1S/C16H25NO5S/c1-13(2)16(18)17(10-5-11-21-3)12-14-6-8-15(9-7-14)22-23(4,19)20/h6-9,13H,5,10-12H2,1-4H3. The third-order valence-electron chi connectivity index (χ3n) is 3.13. The van der Waals surface area contributed by atoms with Crippen LogP contribution < -0.4 is 4.18 Å². The van der Waals surface area contributed by atoms with Crippen LogP contribution in [0, 0.1) is 5.92 Å². The molecule has 0 aliphatic carbocycles. The van der Waals surface area contributed by atoms with Gasteiger partial charge in [-0.25, -0.2) is 0 Å². The molecular weight excluding hydrogens is 318 g/mol. The van der Waals surface area contributed by atoms with E-state index < -0.39 is 10.1 Å². The van der Waals surface area contributed by atoms with Gasteiger partial charge in [0, 0.05) is 32.7 Å². The molecular formula is C16H25NO5S. The molecule has 1 aromatic rings. The van der Waals surface area contributed by atoms with Crippen molar-refractivity contribution in [2.45, 2.75) is 26.8 Å². The first-order valence-corrected chi connectivity index (χ1v) is 9.30. The Morgan fingerprint density at radius 1 is 1.22 bits per heavy atom. The van der Waals surface area contributed by atoms with Gasteiger partial charge in [-0.2, -0.15) is 8.42 Å². The first-order valence-electron chi connectivity index (χ1n) is 7.49. The molecule has 1 amide bonds. The molecule has 130 valence electrons. The Kier molecular flexibility index (Phi) is 7.51. The maximum absolute atomic E-state index is 12.3. The van der Waals surface area contributed by atoms with E-state index in [0.29, 0.717) is 19.7 Å². The lowest BCUT2D eigenvalue weighted by atomic mass is 10.1. The second kappa shape index (κ2) is 8.88. The molecule has 0 N–H and O–H groups in total. The zero-order valence-corrected chi connectivity index (χ0v) is 14.9. The van der Waals surface area contributed by atoms with Crippen molar-refractivity contribution in [3.05, 3.63) is 29.8 Å². The Labute approximate surface area is 138 Å². The summed E-state index contributed by atoms with van der Waals surface area (Å²) in [7, 11) is -1.90. The highest BCUT2D eigenvalue weighted by Crippen LogP contribution is 2.16. The minimum atomic E-state index is -3.53. The van der Waals surface area contributed by atoms with Crippen LogP contribution in [0.25, 0.3) is 0 Å². The quantitative estimate of drug-likeness (QED) is 0.507. The first kappa shape index (κ1) is 19.4. The highest BCUT2D eigenvalue weighted by molar-refractivity contribution is 7.86. The van der Waals surface area contributed by atoms with Crippen molar-refractivity contribution in [3.8, 4) is 5.75 Å². The molecule has 7 heteroatoms. The fraction of sp³-hybridized carbons (Fsp3) is 0.562. The minimum absolute atomic E-state index is 0.0783. The number of amides is 1. The molecule has 0 fully saturated rings. The second-order valence-corrected chi connectivity index (χ2v) is 7.27. The lowest BCUT2D eigenvalue weighted by molar-refractivity contribution is -0.135. The molecule has 1 rings (SSSR count). The summed E-state index contributed by atoms with van der Waals surface area (Å²) in [5.41, 5.74) is 0.914. The maximum atomic E-state index is 12.3. The van der Waals surface area contributed by atoms with E-state index in [0.717, 1.165) is 18.2 Å². The van der Waals surface area contributed by atoms with Crippen molar-refractivity contribution < 1.29 is 22.1 Å².